The van der Waals surface area contributed by atoms with Crippen molar-refractivity contribution in [1.82, 2.24) is 5.43 Å². The molecule has 0 spiro atoms. The van der Waals surface area contributed by atoms with Crippen molar-refractivity contribution in [2.75, 3.05) is 13.2 Å². The van der Waals surface area contributed by atoms with Crippen LogP contribution in [-0.2, 0) is 9.59 Å². The number of aliphatic hydroxyl groups excluding tert-OH is 1. The van der Waals surface area contributed by atoms with Crippen LogP contribution in [0.2, 0.25) is 0 Å². The van der Waals surface area contributed by atoms with E-state index in [-0.39, 0.29) is 25.5 Å². The molecule has 1 aromatic rings. The van der Waals surface area contributed by atoms with Crippen molar-refractivity contribution >= 4 is 18.1 Å². The van der Waals surface area contributed by atoms with Crippen molar-refractivity contribution < 1.29 is 24.5 Å². The number of unbranched alkanes of at least 4 members (excludes halogenated alkanes) is 3. The predicted octanol–water partition coefficient (Wildman–Crippen LogP) is 1.93. The molecule has 0 unspecified atom stereocenters. The molecule has 1 rings (SSSR count). The number of aliphatic hydroxyl groups is 1. The lowest BCUT2D eigenvalue weighted by Crippen LogP contribution is -2.17. The minimum absolute atomic E-state index is 0.0747. The van der Waals surface area contributed by atoms with E-state index < -0.39 is 5.97 Å². The highest BCUT2D eigenvalue weighted by atomic mass is 16.5. The molecular formula is C17H24N2O5. The maximum absolute atomic E-state index is 11.6. The molecule has 0 saturated carbocycles. The molecule has 0 radical (unpaired) electrons. The number of nitrogens with zero attached hydrogens (tertiary/aromatic N) is 1. The molecule has 0 aliphatic rings. The number of benzene rings is 1. The van der Waals surface area contributed by atoms with Crippen LogP contribution in [0.1, 0.15) is 44.1 Å². The highest BCUT2D eigenvalue weighted by Crippen LogP contribution is 2.15. The number of nitrogens with one attached hydrogen (secondary N) is 1. The van der Waals surface area contributed by atoms with Gasteiger partial charge in [0.05, 0.1) is 12.8 Å². The third-order valence-electron chi connectivity index (χ3n) is 3.21. The van der Waals surface area contributed by atoms with Crippen molar-refractivity contribution in [3.8, 4) is 5.75 Å². The number of amides is 1. The van der Waals surface area contributed by atoms with Gasteiger partial charge in [-0.15, -0.1) is 0 Å². The summed E-state index contributed by atoms with van der Waals surface area (Å²) in [5.74, 6) is -0.383. The predicted molar refractivity (Wildman–Crippen MR) is 90.1 cm³/mol. The molecule has 7 nitrogen and oxygen atoms in total. The number of hydrazone groups is 1. The molecule has 3 N–H and O–H groups in total. The Balaban J connectivity index is 2.26. The zero-order valence-corrected chi connectivity index (χ0v) is 13.6. The highest BCUT2D eigenvalue weighted by molar-refractivity contribution is 5.85. The van der Waals surface area contributed by atoms with Gasteiger partial charge in [-0.1, -0.05) is 25.0 Å². The second-order valence-corrected chi connectivity index (χ2v) is 5.21. The molecule has 0 heterocycles. The first kappa shape index (κ1) is 19.6. The van der Waals surface area contributed by atoms with Gasteiger partial charge in [-0.25, -0.2) is 5.43 Å². The largest absolute Gasteiger partial charge is 0.491 e. The number of hydrogen-bond acceptors (Lipinski definition) is 5. The van der Waals surface area contributed by atoms with Gasteiger partial charge in [0.1, 0.15) is 12.4 Å². The van der Waals surface area contributed by atoms with Gasteiger partial charge in [-0.3, -0.25) is 9.59 Å². The number of rotatable bonds is 12. The van der Waals surface area contributed by atoms with Crippen LogP contribution in [-0.4, -0.2) is 41.5 Å². The lowest BCUT2D eigenvalue weighted by Gasteiger charge is -2.07. The summed E-state index contributed by atoms with van der Waals surface area (Å²) in [5, 5.41) is 21.2. The van der Waals surface area contributed by atoms with E-state index in [1.165, 1.54) is 6.21 Å². The zero-order chi connectivity index (χ0) is 17.6. The van der Waals surface area contributed by atoms with Crippen LogP contribution in [0.4, 0.5) is 0 Å². The van der Waals surface area contributed by atoms with Crippen molar-refractivity contribution in [3.05, 3.63) is 29.8 Å². The average molecular weight is 336 g/mol. The molecule has 0 atom stereocenters. The zero-order valence-electron chi connectivity index (χ0n) is 13.6. The summed E-state index contributed by atoms with van der Waals surface area (Å²) in [5.41, 5.74) is 3.16. The van der Waals surface area contributed by atoms with Gasteiger partial charge in [-0.2, -0.15) is 5.10 Å². The van der Waals surface area contributed by atoms with Crippen molar-refractivity contribution in [1.29, 1.82) is 0 Å². The third kappa shape index (κ3) is 8.89. The van der Waals surface area contributed by atoms with Crippen molar-refractivity contribution in [2.45, 2.75) is 38.5 Å². The molecule has 0 aliphatic carbocycles. The topological polar surface area (TPSA) is 108 Å². The van der Waals surface area contributed by atoms with Crippen LogP contribution in [0.3, 0.4) is 0 Å². The minimum Gasteiger partial charge on any atom is -0.491 e. The third-order valence-corrected chi connectivity index (χ3v) is 3.21. The summed E-state index contributed by atoms with van der Waals surface area (Å²) in [6, 6.07) is 7.19. The monoisotopic (exact) mass is 336 g/mol. The van der Waals surface area contributed by atoms with E-state index >= 15 is 0 Å². The molecule has 1 amide bonds. The molecule has 0 aliphatic heterocycles. The SMILES string of the molecule is O=C(O)CCCCCCC(=O)N/N=C/c1ccccc1OCCO. The smallest absolute Gasteiger partial charge is 0.303 e. The molecule has 7 heteroatoms. The Morgan fingerprint density at radius 3 is 2.54 bits per heavy atom. The fourth-order valence-electron chi connectivity index (χ4n) is 2.02. The van der Waals surface area contributed by atoms with E-state index in [0.29, 0.717) is 30.6 Å². The first-order valence-electron chi connectivity index (χ1n) is 8.00. The van der Waals surface area contributed by atoms with Gasteiger partial charge in [0.2, 0.25) is 5.91 Å². The molecular weight excluding hydrogens is 312 g/mol. The fraction of sp³-hybridized carbons (Fsp3) is 0.471. The van der Waals surface area contributed by atoms with Crippen LogP contribution < -0.4 is 10.2 Å². The molecule has 0 saturated heterocycles. The summed E-state index contributed by atoms with van der Waals surface area (Å²) >= 11 is 0. The number of carbonyl (C=O) groups excluding carboxylic acids is 1. The van der Waals surface area contributed by atoms with E-state index in [4.69, 9.17) is 14.9 Å². The van der Waals surface area contributed by atoms with Crippen LogP contribution >= 0.6 is 0 Å². The molecule has 1 aromatic carbocycles. The molecule has 0 bridgehead atoms. The summed E-state index contributed by atoms with van der Waals surface area (Å²) in [7, 11) is 0. The number of aliphatic carboxylic acids is 1. The number of ether oxygens (including phenoxy) is 1. The lowest BCUT2D eigenvalue weighted by atomic mass is 10.1. The van der Waals surface area contributed by atoms with Gasteiger partial charge < -0.3 is 14.9 Å². The Bertz CT molecular complexity index is 546. The Hall–Kier alpha value is -2.41. The molecule has 132 valence electrons. The van der Waals surface area contributed by atoms with Crippen molar-refractivity contribution in [2.24, 2.45) is 5.10 Å². The van der Waals surface area contributed by atoms with Gasteiger partial charge in [0.15, 0.2) is 0 Å². The summed E-state index contributed by atoms with van der Waals surface area (Å²) < 4.78 is 5.37. The number of carbonyl (C=O) groups is 2. The Morgan fingerprint density at radius 2 is 1.83 bits per heavy atom. The summed E-state index contributed by atoms with van der Waals surface area (Å²) in [4.78, 5) is 22.0. The van der Waals surface area contributed by atoms with Crippen LogP contribution in [0.15, 0.2) is 29.4 Å². The maximum Gasteiger partial charge on any atom is 0.303 e. The summed E-state index contributed by atoms with van der Waals surface area (Å²) in [6.07, 6.45) is 5.00. The number of carboxylic acid groups (broad SMARTS) is 1. The van der Waals surface area contributed by atoms with E-state index in [0.717, 1.165) is 12.8 Å². The van der Waals surface area contributed by atoms with E-state index in [9.17, 15) is 9.59 Å². The second kappa shape index (κ2) is 12.1. The Labute approximate surface area is 141 Å². The van der Waals surface area contributed by atoms with Gasteiger partial charge >= 0.3 is 5.97 Å². The fourth-order valence-corrected chi connectivity index (χ4v) is 2.02. The lowest BCUT2D eigenvalue weighted by molar-refractivity contribution is -0.137. The highest BCUT2D eigenvalue weighted by Gasteiger charge is 2.02. The van der Waals surface area contributed by atoms with Crippen molar-refractivity contribution in [3.63, 3.8) is 0 Å². The first-order valence-corrected chi connectivity index (χ1v) is 8.00. The minimum atomic E-state index is -0.787. The Kier molecular flexibility index (Phi) is 9.87. The molecule has 0 aromatic heterocycles. The van der Waals surface area contributed by atoms with E-state index in [2.05, 4.69) is 10.5 Å². The van der Waals surface area contributed by atoms with Crippen LogP contribution in [0.5, 0.6) is 5.75 Å². The van der Waals surface area contributed by atoms with Gasteiger partial charge in [0.25, 0.3) is 0 Å². The first-order chi connectivity index (χ1) is 11.6. The van der Waals surface area contributed by atoms with Gasteiger partial charge in [-0.05, 0) is 25.0 Å². The van der Waals surface area contributed by atoms with E-state index in [1.54, 1.807) is 12.1 Å². The number of carboxylic acids is 1. The Morgan fingerprint density at radius 1 is 1.12 bits per heavy atom. The van der Waals surface area contributed by atoms with Crippen LogP contribution in [0.25, 0.3) is 0 Å². The van der Waals surface area contributed by atoms with Gasteiger partial charge in [0, 0.05) is 18.4 Å². The maximum atomic E-state index is 11.6. The summed E-state index contributed by atoms with van der Waals surface area (Å²) in [6.45, 7) is 0.119. The quantitative estimate of drug-likeness (QED) is 0.307. The molecule has 0 fully saturated rings. The number of para-hydroxylation sites is 1. The van der Waals surface area contributed by atoms with E-state index in [1.807, 2.05) is 12.1 Å². The molecule has 24 heavy (non-hydrogen) atoms. The average Bonchev–Trinajstić information content (AvgIpc) is 2.57. The normalized spacial score (nSPS) is 10.7. The number of hydrogen-bond donors (Lipinski definition) is 3. The van der Waals surface area contributed by atoms with Crippen LogP contribution in [0, 0.1) is 0 Å². The standard InChI is InChI=1S/C17H24N2O5/c20-11-12-24-15-8-6-5-7-14(15)13-18-19-16(21)9-3-1-2-4-10-17(22)23/h5-8,13,20H,1-4,9-12H2,(H,19,21)(H,22,23)/b18-13+. The second-order valence-electron chi connectivity index (χ2n) is 5.21.